The molecule has 0 saturated carbocycles. The molecule has 1 heterocycles. The highest BCUT2D eigenvalue weighted by atomic mass is 35.5. The Hall–Kier alpha value is -3.84. The zero-order valence-corrected chi connectivity index (χ0v) is 17.9. The number of halogens is 1. The zero-order chi connectivity index (χ0) is 22.7. The third-order valence-electron chi connectivity index (χ3n) is 4.77. The van der Waals surface area contributed by atoms with Gasteiger partial charge in [-0.05, 0) is 49.4 Å². The lowest BCUT2D eigenvalue weighted by Crippen LogP contribution is -2.29. The molecule has 0 fully saturated rings. The lowest BCUT2D eigenvalue weighted by Gasteiger charge is -2.17. The maximum Gasteiger partial charge on any atom is 0.266 e. The molecule has 162 valence electrons. The first kappa shape index (κ1) is 21.4. The lowest BCUT2D eigenvalue weighted by atomic mass is 10.1. The van der Waals surface area contributed by atoms with Gasteiger partial charge in [0, 0.05) is 5.69 Å². The zero-order valence-electron chi connectivity index (χ0n) is 17.1. The maximum atomic E-state index is 12.7. The second-order valence-corrected chi connectivity index (χ2v) is 7.28. The molecule has 1 aliphatic rings. The van der Waals surface area contributed by atoms with Crippen molar-refractivity contribution in [1.29, 1.82) is 0 Å². The van der Waals surface area contributed by atoms with Crippen molar-refractivity contribution in [2.75, 3.05) is 23.4 Å². The van der Waals surface area contributed by atoms with E-state index in [-0.39, 0.29) is 17.3 Å². The van der Waals surface area contributed by atoms with Crippen molar-refractivity contribution in [3.63, 3.8) is 0 Å². The second-order valence-electron chi connectivity index (χ2n) is 6.87. The summed E-state index contributed by atoms with van der Waals surface area (Å²) in [5.41, 5.74) is 1.31. The summed E-state index contributed by atoms with van der Waals surface area (Å²) in [7, 11) is 0. The molecule has 0 aliphatic carbocycles. The smallest absolute Gasteiger partial charge is 0.266 e. The number of carbonyl (C=O) groups excluding carboxylic acids is 3. The van der Waals surface area contributed by atoms with Gasteiger partial charge >= 0.3 is 0 Å². The summed E-state index contributed by atoms with van der Waals surface area (Å²) < 4.78 is 11.0. The van der Waals surface area contributed by atoms with E-state index >= 15 is 0 Å². The summed E-state index contributed by atoms with van der Waals surface area (Å²) in [5.74, 6) is -0.267. The Morgan fingerprint density at radius 3 is 2.09 bits per heavy atom. The van der Waals surface area contributed by atoms with E-state index in [4.69, 9.17) is 21.1 Å². The number of imide groups is 1. The predicted molar refractivity (Wildman–Crippen MR) is 121 cm³/mol. The Labute approximate surface area is 189 Å². The van der Waals surface area contributed by atoms with Gasteiger partial charge in [0.15, 0.2) is 18.1 Å². The number of rotatable bonds is 7. The van der Waals surface area contributed by atoms with E-state index in [0.29, 0.717) is 34.9 Å². The normalized spacial score (nSPS) is 12.5. The number of hydrogen-bond acceptors (Lipinski definition) is 5. The van der Waals surface area contributed by atoms with Gasteiger partial charge in [-0.2, -0.15) is 0 Å². The lowest BCUT2D eigenvalue weighted by molar-refractivity contribution is -0.118. The topological polar surface area (TPSA) is 84.9 Å². The van der Waals surface area contributed by atoms with Crippen molar-refractivity contribution in [1.82, 2.24) is 0 Å². The summed E-state index contributed by atoms with van der Waals surface area (Å²) in [5, 5.41) is 2.84. The molecule has 0 unspecified atom stereocenters. The number of fused-ring (bicyclic) bond motifs is 1. The summed E-state index contributed by atoms with van der Waals surface area (Å²) >= 11 is 6.35. The van der Waals surface area contributed by atoms with Crippen molar-refractivity contribution in [3.05, 3.63) is 82.9 Å². The van der Waals surface area contributed by atoms with Crippen molar-refractivity contribution >= 4 is 40.7 Å². The molecule has 1 N–H and O–H groups in total. The number of ether oxygens (including phenoxy) is 2. The Morgan fingerprint density at radius 2 is 1.50 bits per heavy atom. The van der Waals surface area contributed by atoms with Crippen LogP contribution in [0.2, 0.25) is 5.02 Å². The van der Waals surface area contributed by atoms with Gasteiger partial charge in [0.1, 0.15) is 0 Å². The highest BCUT2D eigenvalue weighted by molar-refractivity contribution is 6.40. The highest BCUT2D eigenvalue weighted by Gasteiger charge is 2.37. The van der Waals surface area contributed by atoms with E-state index in [1.54, 1.807) is 48.5 Å². The van der Waals surface area contributed by atoms with Crippen molar-refractivity contribution in [2.24, 2.45) is 0 Å². The Morgan fingerprint density at radius 1 is 0.906 bits per heavy atom. The number of carbonyl (C=O) groups is 3. The molecule has 0 bridgehead atoms. The maximum absolute atomic E-state index is 12.7. The number of hydrogen-bond donors (Lipinski definition) is 1. The number of para-hydroxylation sites is 2. The van der Waals surface area contributed by atoms with E-state index in [2.05, 4.69) is 5.32 Å². The third-order valence-corrected chi connectivity index (χ3v) is 5.08. The van der Waals surface area contributed by atoms with Crippen LogP contribution in [-0.4, -0.2) is 30.9 Å². The monoisotopic (exact) mass is 450 g/mol. The highest BCUT2D eigenvalue weighted by Crippen LogP contribution is 2.35. The minimum absolute atomic E-state index is 0.153. The molecule has 0 atom stereocenters. The molecule has 8 heteroatoms. The standard InChI is InChI=1S/C24H19ClN2O5/c1-2-31-20-9-5-6-10-21(20)32-14-22(28)26-15-11-12-19(18(25)13-15)27-23(29)16-7-3-4-8-17(16)24(27)30/h3-13H,2,14H2,1H3,(H,26,28). The van der Waals surface area contributed by atoms with Crippen molar-refractivity contribution in [3.8, 4) is 11.5 Å². The van der Waals surface area contributed by atoms with Gasteiger partial charge < -0.3 is 14.8 Å². The van der Waals surface area contributed by atoms with Crippen LogP contribution in [0.25, 0.3) is 0 Å². The molecule has 32 heavy (non-hydrogen) atoms. The number of anilines is 2. The van der Waals surface area contributed by atoms with E-state index in [1.165, 1.54) is 12.1 Å². The number of nitrogens with zero attached hydrogens (tertiary/aromatic N) is 1. The van der Waals surface area contributed by atoms with Gasteiger partial charge in [-0.25, -0.2) is 4.90 Å². The van der Waals surface area contributed by atoms with E-state index in [0.717, 1.165) is 4.90 Å². The molecule has 0 saturated heterocycles. The van der Waals surface area contributed by atoms with Crippen LogP contribution in [0.15, 0.2) is 66.7 Å². The average molecular weight is 451 g/mol. The van der Waals surface area contributed by atoms with E-state index < -0.39 is 17.7 Å². The first-order chi connectivity index (χ1) is 15.5. The molecule has 0 radical (unpaired) electrons. The summed E-state index contributed by atoms with van der Waals surface area (Å²) in [6, 6.07) is 18.2. The molecular weight excluding hydrogens is 432 g/mol. The van der Waals surface area contributed by atoms with Crippen LogP contribution in [0.5, 0.6) is 11.5 Å². The van der Waals surface area contributed by atoms with Gasteiger partial charge in [0.05, 0.1) is 28.4 Å². The van der Waals surface area contributed by atoms with Crippen LogP contribution < -0.4 is 19.7 Å². The minimum atomic E-state index is -0.439. The number of nitrogens with one attached hydrogen (secondary N) is 1. The fourth-order valence-electron chi connectivity index (χ4n) is 3.36. The first-order valence-electron chi connectivity index (χ1n) is 9.91. The SMILES string of the molecule is CCOc1ccccc1OCC(=O)Nc1ccc(N2C(=O)c3ccccc3C2=O)c(Cl)c1. The van der Waals surface area contributed by atoms with Gasteiger partial charge in [-0.3, -0.25) is 14.4 Å². The number of amides is 3. The number of benzene rings is 3. The van der Waals surface area contributed by atoms with Crippen molar-refractivity contribution < 1.29 is 23.9 Å². The molecule has 0 aromatic heterocycles. The average Bonchev–Trinajstić information content (AvgIpc) is 3.04. The van der Waals surface area contributed by atoms with Crippen LogP contribution in [0.3, 0.4) is 0 Å². The van der Waals surface area contributed by atoms with Gasteiger partial charge in [-0.1, -0.05) is 35.9 Å². The summed E-state index contributed by atoms with van der Waals surface area (Å²) in [6.07, 6.45) is 0. The molecular formula is C24H19ClN2O5. The molecule has 3 aromatic rings. The van der Waals surface area contributed by atoms with Crippen LogP contribution in [0, 0.1) is 0 Å². The Bertz CT molecular complexity index is 1180. The molecule has 7 nitrogen and oxygen atoms in total. The summed E-state index contributed by atoms with van der Waals surface area (Å²) in [4.78, 5) is 38.7. The second kappa shape index (κ2) is 9.11. The fraction of sp³-hybridized carbons (Fsp3) is 0.125. The molecule has 0 spiro atoms. The Balaban J connectivity index is 1.44. The largest absolute Gasteiger partial charge is 0.490 e. The Kier molecular flexibility index (Phi) is 6.09. The van der Waals surface area contributed by atoms with Crippen LogP contribution in [-0.2, 0) is 4.79 Å². The molecule has 1 aliphatic heterocycles. The van der Waals surface area contributed by atoms with Crippen LogP contribution in [0.1, 0.15) is 27.6 Å². The van der Waals surface area contributed by atoms with Crippen molar-refractivity contribution in [2.45, 2.75) is 6.92 Å². The van der Waals surface area contributed by atoms with E-state index in [9.17, 15) is 14.4 Å². The van der Waals surface area contributed by atoms with Crippen LogP contribution in [0.4, 0.5) is 11.4 Å². The van der Waals surface area contributed by atoms with Gasteiger partial charge in [-0.15, -0.1) is 0 Å². The third kappa shape index (κ3) is 4.15. The molecule has 3 aromatic carbocycles. The molecule has 4 rings (SSSR count). The summed E-state index contributed by atoms with van der Waals surface area (Å²) in [6.45, 7) is 2.10. The predicted octanol–water partition coefficient (Wildman–Crippen LogP) is 4.56. The quantitative estimate of drug-likeness (QED) is 0.533. The minimum Gasteiger partial charge on any atom is -0.490 e. The first-order valence-corrected chi connectivity index (χ1v) is 10.3. The van der Waals surface area contributed by atoms with E-state index in [1.807, 2.05) is 13.0 Å². The van der Waals surface area contributed by atoms with Gasteiger partial charge in [0.25, 0.3) is 17.7 Å². The fourth-order valence-corrected chi connectivity index (χ4v) is 3.62. The molecule has 3 amide bonds. The van der Waals surface area contributed by atoms with Crippen LogP contribution >= 0.6 is 11.6 Å². The van der Waals surface area contributed by atoms with Gasteiger partial charge in [0.2, 0.25) is 0 Å².